The van der Waals surface area contributed by atoms with Crippen molar-refractivity contribution in [3.63, 3.8) is 0 Å². The van der Waals surface area contributed by atoms with Gasteiger partial charge in [-0.1, -0.05) is 48.5 Å². The number of carbonyl (C=O) groups is 2. The van der Waals surface area contributed by atoms with Gasteiger partial charge in [-0.3, -0.25) is 9.59 Å². The summed E-state index contributed by atoms with van der Waals surface area (Å²) in [6.07, 6.45) is 1.92. The molecular formula is C26H25NO5. The maximum atomic E-state index is 12.9. The molecule has 3 aromatic rings. The zero-order chi connectivity index (χ0) is 21.9. The second-order valence-corrected chi connectivity index (χ2v) is 8.12. The fraction of sp³-hybridized carbons (Fsp3) is 0.308. The summed E-state index contributed by atoms with van der Waals surface area (Å²) in [6, 6.07) is 19.6. The van der Waals surface area contributed by atoms with Crippen molar-refractivity contribution in [3.05, 3.63) is 71.8 Å². The monoisotopic (exact) mass is 431 g/mol. The quantitative estimate of drug-likeness (QED) is 0.570. The summed E-state index contributed by atoms with van der Waals surface area (Å²) >= 11 is 0. The summed E-state index contributed by atoms with van der Waals surface area (Å²) in [5.41, 5.74) is 1.91. The lowest BCUT2D eigenvalue weighted by atomic mass is 10.0. The topological polar surface area (TPSA) is 65.1 Å². The molecule has 1 saturated heterocycles. The van der Waals surface area contributed by atoms with E-state index in [1.165, 1.54) is 0 Å². The van der Waals surface area contributed by atoms with Gasteiger partial charge in [-0.15, -0.1) is 0 Å². The molecule has 5 rings (SSSR count). The Labute approximate surface area is 186 Å². The maximum absolute atomic E-state index is 12.9. The Kier molecular flexibility index (Phi) is 5.67. The highest BCUT2D eigenvalue weighted by molar-refractivity contribution is 5.89. The fourth-order valence-electron chi connectivity index (χ4n) is 4.56. The third kappa shape index (κ3) is 4.13. The highest BCUT2D eigenvalue weighted by Gasteiger charge is 2.31. The molecule has 2 aliphatic rings. The van der Waals surface area contributed by atoms with Gasteiger partial charge in [0.1, 0.15) is 13.2 Å². The third-order valence-electron chi connectivity index (χ3n) is 6.10. The number of carbonyl (C=O) groups excluding carboxylic acids is 2. The second kappa shape index (κ2) is 8.91. The number of ether oxygens (including phenoxy) is 3. The van der Waals surface area contributed by atoms with Crippen LogP contribution in [0.25, 0.3) is 10.8 Å². The molecule has 0 spiro atoms. The molecule has 1 atom stereocenters. The predicted octanol–water partition coefficient (Wildman–Crippen LogP) is 4.06. The van der Waals surface area contributed by atoms with Crippen LogP contribution in [0.5, 0.6) is 11.5 Å². The van der Waals surface area contributed by atoms with E-state index < -0.39 is 5.97 Å². The van der Waals surface area contributed by atoms with Crippen LogP contribution in [0, 0.1) is 0 Å². The number of esters is 1. The highest BCUT2D eigenvalue weighted by Crippen LogP contribution is 2.38. The van der Waals surface area contributed by atoms with Gasteiger partial charge in [0.15, 0.2) is 18.1 Å². The molecule has 2 aliphatic heterocycles. The average molecular weight is 431 g/mol. The lowest BCUT2D eigenvalue weighted by Crippen LogP contribution is -2.34. The molecule has 0 saturated carbocycles. The van der Waals surface area contributed by atoms with Gasteiger partial charge in [0.05, 0.1) is 12.5 Å². The Bertz CT molecular complexity index is 1150. The van der Waals surface area contributed by atoms with Crippen molar-refractivity contribution in [1.29, 1.82) is 0 Å². The van der Waals surface area contributed by atoms with Crippen LogP contribution in [-0.2, 0) is 20.7 Å². The number of likely N-dealkylation sites (tertiary alicyclic amines) is 1. The fourth-order valence-corrected chi connectivity index (χ4v) is 4.56. The van der Waals surface area contributed by atoms with Crippen molar-refractivity contribution in [2.75, 3.05) is 26.4 Å². The largest absolute Gasteiger partial charge is 0.486 e. The van der Waals surface area contributed by atoms with Gasteiger partial charge in [0.2, 0.25) is 0 Å². The van der Waals surface area contributed by atoms with Crippen LogP contribution in [0.4, 0.5) is 0 Å². The van der Waals surface area contributed by atoms with Crippen LogP contribution in [0.2, 0.25) is 0 Å². The van der Waals surface area contributed by atoms with Gasteiger partial charge in [0.25, 0.3) is 5.91 Å². The van der Waals surface area contributed by atoms with E-state index in [0.717, 1.165) is 46.2 Å². The Hall–Kier alpha value is -3.54. The first-order valence-electron chi connectivity index (χ1n) is 11.0. The van der Waals surface area contributed by atoms with Crippen molar-refractivity contribution in [2.45, 2.75) is 25.3 Å². The van der Waals surface area contributed by atoms with E-state index in [1.807, 2.05) is 60.7 Å². The number of nitrogens with zero attached hydrogens (tertiary/aromatic N) is 1. The highest BCUT2D eigenvalue weighted by atomic mass is 16.6. The molecule has 6 heteroatoms. The molecule has 164 valence electrons. The number of rotatable bonds is 5. The van der Waals surface area contributed by atoms with Crippen LogP contribution in [0.15, 0.2) is 60.7 Å². The van der Waals surface area contributed by atoms with Gasteiger partial charge in [-0.2, -0.15) is 0 Å². The van der Waals surface area contributed by atoms with E-state index in [9.17, 15) is 9.59 Å². The third-order valence-corrected chi connectivity index (χ3v) is 6.10. The normalized spacial score (nSPS) is 17.4. The van der Waals surface area contributed by atoms with Gasteiger partial charge < -0.3 is 19.1 Å². The molecule has 0 aromatic heterocycles. The summed E-state index contributed by atoms with van der Waals surface area (Å²) in [7, 11) is 0. The maximum Gasteiger partial charge on any atom is 0.310 e. The number of amides is 1. The SMILES string of the molecule is O=C(Cc1cccc2ccccc12)OCC(=O)N1CCCC1c1ccc2c(c1)OCCO2. The first kappa shape index (κ1) is 20.4. The lowest BCUT2D eigenvalue weighted by Gasteiger charge is -2.26. The molecule has 1 unspecified atom stereocenters. The standard InChI is InChI=1S/C26H25NO5/c28-25(17-32-26(29)16-19-7-3-6-18-5-1-2-8-21(18)19)27-12-4-9-22(27)20-10-11-23-24(15-20)31-14-13-30-23/h1-3,5-8,10-11,15,22H,4,9,12-14,16-17H2. The summed E-state index contributed by atoms with van der Waals surface area (Å²) in [6.45, 7) is 1.48. The Morgan fingerprint density at radius 1 is 0.969 bits per heavy atom. The van der Waals surface area contributed by atoms with Crippen LogP contribution in [-0.4, -0.2) is 43.1 Å². The first-order chi connectivity index (χ1) is 15.7. The van der Waals surface area contributed by atoms with Crippen molar-refractivity contribution in [3.8, 4) is 11.5 Å². The number of hydrogen-bond donors (Lipinski definition) is 0. The van der Waals surface area contributed by atoms with Crippen molar-refractivity contribution >= 4 is 22.6 Å². The van der Waals surface area contributed by atoms with E-state index >= 15 is 0 Å². The van der Waals surface area contributed by atoms with E-state index in [-0.39, 0.29) is 25.0 Å². The molecule has 0 bridgehead atoms. The lowest BCUT2D eigenvalue weighted by molar-refractivity contribution is -0.151. The number of benzene rings is 3. The Morgan fingerprint density at radius 2 is 1.78 bits per heavy atom. The van der Waals surface area contributed by atoms with Crippen LogP contribution in [0.1, 0.15) is 30.0 Å². The summed E-state index contributed by atoms with van der Waals surface area (Å²) in [5.74, 6) is 0.881. The first-order valence-corrected chi connectivity index (χ1v) is 11.0. The zero-order valence-electron chi connectivity index (χ0n) is 17.8. The average Bonchev–Trinajstić information content (AvgIpc) is 3.33. The van der Waals surface area contributed by atoms with Crippen LogP contribution in [0.3, 0.4) is 0 Å². The van der Waals surface area contributed by atoms with E-state index in [1.54, 1.807) is 4.90 Å². The molecule has 0 N–H and O–H groups in total. The van der Waals surface area contributed by atoms with Crippen LogP contribution < -0.4 is 9.47 Å². The van der Waals surface area contributed by atoms with E-state index in [2.05, 4.69) is 0 Å². The zero-order valence-corrected chi connectivity index (χ0v) is 17.8. The van der Waals surface area contributed by atoms with Crippen molar-refractivity contribution in [1.82, 2.24) is 4.90 Å². The number of hydrogen-bond acceptors (Lipinski definition) is 5. The summed E-state index contributed by atoms with van der Waals surface area (Å²) < 4.78 is 16.6. The minimum absolute atomic E-state index is 0.0462. The Balaban J connectivity index is 1.22. The molecule has 2 heterocycles. The minimum atomic E-state index is -0.398. The van der Waals surface area contributed by atoms with Crippen molar-refractivity contribution < 1.29 is 23.8 Å². The molecule has 0 radical (unpaired) electrons. The predicted molar refractivity (Wildman–Crippen MR) is 120 cm³/mol. The van der Waals surface area contributed by atoms with E-state index in [4.69, 9.17) is 14.2 Å². The molecule has 1 fully saturated rings. The molecule has 6 nitrogen and oxygen atoms in total. The molecule has 32 heavy (non-hydrogen) atoms. The molecular weight excluding hydrogens is 406 g/mol. The van der Waals surface area contributed by atoms with Crippen LogP contribution >= 0.6 is 0 Å². The molecule has 3 aromatic carbocycles. The Morgan fingerprint density at radius 3 is 2.69 bits per heavy atom. The van der Waals surface area contributed by atoms with Gasteiger partial charge in [-0.05, 0) is 46.9 Å². The summed E-state index contributed by atoms with van der Waals surface area (Å²) in [4.78, 5) is 27.1. The van der Waals surface area contributed by atoms with Crippen molar-refractivity contribution in [2.24, 2.45) is 0 Å². The van der Waals surface area contributed by atoms with E-state index in [0.29, 0.717) is 19.8 Å². The smallest absolute Gasteiger partial charge is 0.310 e. The summed E-state index contributed by atoms with van der Waals surface area (Å²) in [5, 5.41) is 2.10. The molecule has 1 amide bonds. The number of fused-ring (bicyclic) bond motifs is 2. The minimum Gasteiger partial charge on any atom is -0.486 e. The van der Waals surface area contributed by atoms with Gasteiger partial charge >= 0.3 is 5.97 Å². The van der Waals surface area contributed by atoms with Gasteiger partial charge in [-0.25, -0.2) is 0 Å². The second-order valence-electron chi connectivity index (χ2n) is 8.12. The molecule has 0 aliphatic carbocycles. The van der Waals surface area contributed by atoms with Gasteiger partial charge in [0, 0.05) is 6.54 Å².